The van der Waals surface area contributed by atoms with Crippen molar-refractivity contribution in [3.8, 4) is 0 Å². The lowest BCUT2D eigenvalue weighted by Crippen LogP contribution is -2.20. The van der Waals surface area contributed by atoms with Gasteiger partial charge in [-0.3, -0.25) is 0 Å². The maximum absolute atomic E-state index is 12.9. The van der Waals surface area contributed by atoms with E-state index in [1.54, 1.807) is 18.2 Å². The van der Waals surface area contributed by atoms with Crippen LogP contribution in [0.1, 0.15) is 17.4 Å². The van der Waals surface area contributed by atoms with Gasteiger partial charge in [0.15, 0.2) is 0 Å². The normalized spacial score (nSPS) is 12.6. The van der Waals surface area contributed by atoms with E-state index in [9.17, 15) is 9.50 Å². The lowest BCUT2D eigenvalue weighted by atomic mass is 10.2. The minimum atomic E-state index is -0.682. The third-order valence-electron chi connectivity index (χ3n) is 2.43. The first-order chi connectivity index (χ1) is 8.25. The van der Waals surface area contributed by atoms with Gasteiger partial charge in [0.2, 0.25) is 0 Å². The van der Waals surface area contributed by atoms with E-state index in [-0.39, 0.29) is 5.82 Å². The molecule has 0 bridgehead atoms. The Hall–Kier alpha value is -1.65. The second-order valence-electron chi connectivity index (χ2n) is 3.79. The number of furan rings is 1. The van der Waals surface area contributed by atoms with E-state index < -0.39 is 6.10 Å². The van der Waals surface area contributed by atoms with Gasteiger partial charge in [-0.2, -0.15) is 0 Å². The van der Waals surface area contributed by atoms with E-state index in [1.807, 2.05) is 6.07 Å². The molecule has 0 radical (unpaired) electrons. The lowest BCUT2D eigenvalue weighted by molar-refractivity contribution is 0.147. The Balaban J connectivity index is 1.80. The van der Waals surface area contributed by atoms with E-state index in [1.165, 1.54) is 18.4 Å². The van der Waals surface area contributed by atoms with Gasteiger partial charge in [0.05, 0.1) is 6.26 Å². The molecule has 0 aliphatic rings. The average Bonchev–Trinajstić information content (AvgIpc) is 2.82. The van der Waals surface area contributed by atoms with Gasteiger partial charge in [0.1, 0.15) is 17.7 Å². The zero-order chi connectivity index (χ0) is 12.1. The Morgan fingerprint density at radius 3 is 2.88 bits per heavy atom. The first-order valence-electron chi connectivity index (χ1n) is 5.42. The van der Waals surface area contributed by atoms with Crippen molar-refractivity contribution in [2.45, 2.75) is 12.6 Å². The molecule has 0 aliphatic heterocycles. The number of hydrogen-bond donors (Lipinski definition) is 2. The van der Waals surface area contributed by atoms with Crippen LogP contribution < -0.4 is 5.32 Å². The van der Waals surface area contributed by atoms with Crippen molar-refractivity contribution in [3.63, 3.8) is 0 Å². The fourth-order valence-electron chi connectivity index (χ4n) is 1.58. The van der Waals surface area contributed by atoms with Crippen LogP contribution in [0.3, 0.4) is 0 Å². The fraction of sp³-hybridized carbons (Fsp3) is 0.231. The highest BCUT2D eigenvalue weighted by Crippen LogP contribution is 2.12. The molecule has 3 nitrogen and oxygen atoms in total. The van der Waals surface area contributed by atoms with Gasteiger partial charge in [-0.25, -0.2) is 4.39 Å². The van der Waals surface area contributed by atoms with Crippen molar-refractivity contribution in [1.82, 2.24) is 5.32 Å². The summed E-state index contributed by atoms with van der Waals surface area (Å²) in [4.78, 5) is 0. The molecule has 0 amide bonds. The summed E-state index contributed by atoms with van der Waals surface area (Å²) in [6.07, 6.45) is 0.837. The molecule has 0 spiro atoms. The molecule has 1 aromatic heterocycles. The molecule has 0 aliphatic carbocycles. The van der Waals surface area contributed by atoms with Gasteiger partial charge in [-0.05, 0) is 29.8 Å². The topological polar surface area (TPSA) is 45.4 Å². The first-order valence-corrected chi connectivity index (χ1v) is 5.42. The predicted molar refractivity (Wildman–Crippen MR) is 61.8 cm³/mol. The molecule has 1 aromatic carbocycles. The maximum Gasteiger partial charge on any atom is 0.133 e. The van der Waals surface area contributed by atoms with E-state index >= 15 is 0 Å². The molecule has 4 heteroatoms. The summed E-state index contributed by atoms with van der Waals surface area (Å²) in [5.41, 5.74) is 0.844. The third kappa shape index (κ3) is 3.41. The lowest BCUT2D eigenvalue weighted by Gasteiger charge is -2.09. The second-order valence-corrected chi connectivity index (χ2v) is 3.79. The maximum atomic E-state index is 12.9. The summed E-state index contributed by atoms with van der Waals surface area (Å²) in [5, 5.41) is 12.8. The molecule has 1 atom stereocenters. The van der Waals surface area contributed by atoms with E-state index in [4.69, 9.17) is 4.42 Å². The third-order valence-corrected chi connectivity index (χ3v) is 2.43. The molecular formula is C13H14FNO2. The molecule has 17 heavy (non-hydrogen) atoms. The van der Waals surface area contributed by atoms with Gasteiger partial charge < -0.3 is 14.8 Å². The Kier molecular flexibility index (Phi) is 3.90. The smallest absolute Gasteiger partial charge is 0.133 e. The highest BCUT2D eigenvalue weighted by molar-refractivity contribution is 5.16. The number of aliphatic hydroxyl groups excluding tert-OH is 1. The minimum absolute atomic E-state index is 0.254. The number of aliphatic hydroxyl groups is 1. The summed E-state index contributed by atoms with van der Waals surface area (Å²) in [5.74, 6) is 0.271. The number of nitrogens with one attached hydrogen (secondary N) is 1. The SMILES string of the molecule is OC(CNCc1cccc(F)c1)c1ccco1. The summed E-state index contributed by atoms with van der Waals surface area (Å²) in [6.45, 7) is 0.875. The van der Waals surface area contributed by atoms with Crippen LogP contribution in [0.25, 0.3) is 0 Å². The number of rotatable bonds is 5. The zero-order valence-electron chi connectivity index (χ0n) is 9.27. The van der Waals surface area contributed by atoms with Gasteiger partial charge in [0.25, 0.3) is 0 Å². The summed E-state index contributed by atoms with van der Waals surface area (Å²) < 4.78 is 18.0. The Morgan fingerprint density at radius 1 is 1.29 bits per heavy atom. The Morgan fingerprint density at radius 2 is 2.18 bits per heavy atom. The van der Waals surface area contributed by atoms with Crippen molar-refractivity contribution in [2.24, 2.45) is 0 Å². The van der Waals surface area contributed by atoms with Crippen LogP contribution >= 0.6 is 0 Å². The molecule has 2 aromatic rings. The first kappa shape index (κ1) is 11.8. The largest absolute Gasteiger partial charge is 0.467 e. The molecule has 1 heterocycles. The van der Waals surface area contributed by atoms with E-state index in [2.05, 4.69) is 5.32 Å². The highest BCUT2D eigenvalue weighted by atomic mass is 19.1. The number of halogens is 1. The average molecular weight is 235 g/mol. The van der Waals surface area contributed by atoms with Crippen molar-refractivity contribution < 1.29 is 13.9 Å². The molecule has 0 fully saturated rings. The van der Waals surface area contributed by atoms with Crippen LogP contribution in [0.5, 0.6) is 0 Å². The summed E-state index contributed by atoms with van der Waals surface area (Å²) in [6, 6.07) is 9.80. The van der Waals surface area contributed by atoms with Crippen molar-refractivity contribution in [1.29, 1.82) is 0 Å². The molecule has 2 rings (SSSR count). The minimum Gasteiger partial charge on any atom is -0.467 e. The molecule has 1 unspecified atom stereocenters. The second kappa shape index (κ2) is 5.61. The van der Waals surface area contributed by atoms with Crippen LogP contribution in [0, 0.1) is 5.82 Å². The van der Waals surface area contributed by atoms with Crippen molar-refractivity contribution in [3.05, 3.63) is 59.8 Å². The summed E-state index contributed by atoms with van der Waals surface area (Å²) in [7, 11) is 0. The van der Waals surface area contributed by atoms with Gasteiger partial charge in [-0.15, -0.1) is 0 Å². The molecule has 0 saturated carbocycles. The number of benzene rings is 1. The predicted octanol–water partition coefficient (Wildman–Crippen LogP) is 2.24. The Bertz CT molecular complexity index is 456. The van der Waals surface area contributed by atoms with Crippen molar-refractivity contribution >= 4 is 0 Å². The van der Waals surface area contributed by atoms with E-state index in [0.717, 1.165) is 5.56 Å². The van der Waals surface area contributed by atoms with Gasteiger partial charge in [-0.1, -0.05) is 12.1 Å². The van der Waals surface area contributed by atoms with Crippen LogP contribution in [0.15, 0.2) is 47.1 Å². The Labute approximate surface area is 98.9 Å². The van der Waals surface area contributed by atoms with Crippen LogP contribution in [0.4, 0.5) is 4.39 Å². The van der Waals surface area contributed by atoms with Crippen molar-refractivity contribution in [2.75, 3.05) is 6.54 Å². The van der Waals surface area contributed by atoms with Crippen LogP contribution in [-0.2, 0) is 6.54 Å². The van der Waals surface area contributed by atoms with Crippen LogP contribution in [0.2, 0.25) is 0 Å². The van der Waals surface area contributed by atoms with Crippen LogP contribution in [-0.4, -0.2) is 11.7 Å². The monoisotopic (exact) mass is 235 g/mol. The molecule has 2 N–H and O–H groups in total. The van der Waals surface area contributed by atoms with Gasteiger partial charge in [0, 0.05) is 13.1 Å². The standard InChI is InChI=1S/C13H14FNO2/c14-11-4-1-3-10(7-11)8-15-9-12(16)13-5-2-6-17-13/h1-7,12,15-16H,8-9H2. The quantitative estimate of drug-likeness (QED) is 0.835. The number of hydrogen-bond acceptors (Lipinski definition) is 3. The highest BCUT2D eigenvalue weighted by Gasteiger charge is 2.09. The van der Waals surface area contributed by atoms with Gasteiger partial charge >= 0.3 is 0 Å². The molecule has 0 saturated heterocycles. The van der Waals surface area contributed by atoms with E-state index in [0.29, 0.717) is 18.8 Å². The molecular weight excluding hydrogens is 221 g/mol. The zero-order valence-corrected chi connectivity index (χ0v) is 9.27. The summed E-state index contributed by atoms with van der Waals surface area (Å²) >= 11 is 0. The fourth-order valence-corrected chi connectivity index (χ4v) is 1.58. The molecule has 90 valence electrons.